The molecule has 2 saturated heterocycles. The van der Waals surface area contributed by atoms with Crippen LogP contribution in [0, 0.1) is 29.0 Å². The topological polar surface area (TPSA) is 94.1 Å². The van der Waals surface area contributed by atoms with Crippen LogP contribution in [0.1, 0.15) is 50.9 Å². The molecule has 4 heterocycles. The van der Waals surface area contributed by atoms with E-state index in [1.54, 1.807) is 23.0 Å². The zero-order valence-corrected chi connectivity index (χ0v) is 21.8. The number of rotatable bonds is 6. The molecule has 36 heavy (non-hydrogen) atoms. The number of aliphatic hydroxyl groups excluding tert-OH is 1. The lowest BCUT2D eigenvalue weighted by molar-refractivity contribution is 0.101. The van der Waals surface area contributed by atoms with E-state index in [2.05, 4.69) is 26.0 Å². The van der Waals surface area contributed by atoms with Crippen LogP contribution < -0.4 is 4.90 Å². The van der Waals surface area contributed by atoms with Crippen molar-refractivity contribution >= 4 is 28.6 Å². The second-order valence-electron chi connectivity index (χ2n) is 9.24. The van der Waals surface area contributed by atoms with E-state index in [4.69, 9.17) is 16.6 Å². The lowest BCUT2D eigenvalue weighted by Crippen LogP contribution is -2.54. The minimum Gasteiger partial charge on any atom is -0.395 e. The third-order valence-corrected chi connectivity index (χ3v) is 7.37. The maximum Gasteiger partial charge on any atom is 0.190 e. The fourth-order valence-electron chi connectivity index (χ4n) is 5.19. The molecule has 192 valence electrons. The molecule has 0 saturated carbocycles. The molecule has 2 aliphatic rings. The van der Waals surface area contributed by atoms with Crippen molar-refractivity contribution in [3.63, 3.8) is 0 Å². The molecule has 5 rings (SSSR count). The summed E-state index contributed by atoms with van der Waals surface area (Å²) in [5, 5.41) is 23.5. The Kier molecular flexibility index (Phi) is 8.39. The highest BCUT2D eigenvalue weighted by atomic mass is 35.5. The number of fused-ring (bicyclic) bond motifs is 1. The Labute approximate surface area is 216 Å². The van der Waals surface area contributed by atoms with E-state index < -0.39 is 11.9 Å². The molecule has 2 atom stereocenters. The monoisotopic (exact) mass is 513 g/mol. The van der Waals surface area contributed by atoms with Gasteiger partial charge in [-0.2, -0.15) is 10.4 Å². The Morgan fingerprint density at radius 3 is 2.72 bits per heavy atom. The van der Waals surface area contributed by atoms with Gasteiger partial charge >= 0.3 is 0 Å². The fraction of sp³-hybridized carbons (Fsp3) is 0.538. The Balaban J connectivity index is 0.00000148. The summed E-state index contributed by atoms with van der Waals surface area (Å²) in [6, 6.07) is 6.12. The lowest BCUT2D eigenvalue weighted by Gasteiger charge is -2.47. The molecule has 0 aliphatic carbocycles. The van der Waals surface area contributed by atoms with Gasteiger partial charge in [-0.3, -0.25) is 0 Å². The number of halogens is 2. The minimum atomic E-state index is -0.490. The molecule has 2 aliphatic heterocycles. The number of aromatic nitrogens is 4. The first-order valence-corrected chi connectivity index (χ1v) is 13.0. The summed E-state index contributed by atoms with van der Waals surface area (Å²) in [6.07, 6.45) is 4.08. The number of hydrogen-bond donors (Lipinski definition) is 1. The second-order valence-corrected chi connectivity index (χ2v) is 9.68. The average Bonchev–Trinajstić information content (AvgIpc) is 3.23. The standard InChI is InChI=1S/C24H27ClFN7O.C2H6/c1-15(19-5-4-18(25)9-20(19)26)33-24-23(21(10-27)30-33)28-11-22(29-24)32-13-17(14-32)16-3-2-6-31(12-16)7-8-34;1-2/h4-5,9,11,15-17,34H,2-3,6-8,12-14H2,1H3;1-2H3. The van der Waals surface area contributed by atoms with E-state index in [9.17, 15) is 14.8 Å². The number of aliphatic hydroxyl groups is 1. The summed E-state index contributed by atoms with van der Waals surface area (Å²) in [6.45, 7) is 10.7. The number of likely N-dealkylation sites (tertiary alicyclic amines) is 1. The third-order valence-electron chi connectivity index (χ3n) is 7.13. The summed E-state index contributed by atoms with van der Waals surface area (Å²) in [4.78, 5) is 13.8. The SMILES string of the molecule is CC.CC(c1ccc(Cl)cc1F)n1nc(C#N)c2ncc(N3CC(C4CCCN(CCO)C4)C3)nc21. The van der Waals surface area contributed by atoms with Gasteiger partial charge in [-0.05, 0) is 50.3 Å². The molecule has 8 nitrogen and oxygen atoms in total. The van der Waals surface area contributed by atoms with Crippen LogP contribution in [0.15, 0.2) is 24.4 Å². The first-order chi connectivity index (χ1) is 17.5. The third kappa shape index (κ3) is 5.17. The van der Waals surface area contributed by atoms with Crippen LogP contribution in [0.25, 0.3) is 11.2 Å². The quantitative estimate of drug-likeness (QED) is 0.526. The normalized spacial score (nSPS) is 19.4. The average molecular weight is 514 g/mol. The van der Waals surface area contributed by atoms with E-state index in [1.165, 1.54) is 18.9 Å². The van der Waals surface area contributed by atoms with Crippen molar-refractivity contribution in [2.24, 2.45) is 11.8 Å². The van der Waals surface area contributed by atoms with Crippen LogP contribution in [-0.4, -0.2) is 69.1 Å². The van der Waals surface area contributed by atoms with Crippen LogP contribution in [-0.2, 0) is 0 Å². The molecular weight excluding hydrogens is 481 g/mol. The van der Waals surface area contributed by atoms with Gasteiger partial charge in [-0.25, -0.2) is 19.0 Å². The van der Waals surface area contributed by atoms with Gasteiger partial charge in [0.2, 0.25) is 0 Å². The number of nitriles is 1. The number of anilines is 1. The summed E-state index contributed by atoms with van der Waals surface area (Å²) in [5.41, 5.74) is 1.46. The van der Waals surface area contributed by atoms with Crippen molar-refractivity contribution < 1.29 is 9.50 Å². The lowest BCUT2D eigenvalue weighted by atomic mass is 9.80. The molecule has 0 spiro atoms. The van der Waals surface area contributed by atoms with Crippen LogP contribution in [0.3, 0.4) is 0 Å². The van der Waals surface area contributed by atoms with Crippen LogP contribution in [0.5, 0.6) is 0 Å². The second kappa shape index (κ2) is 11.5. The van der Waals surface area contributed by atoms with Gasteiger partial charge in [-0.1, -0.05) is 31.5 Å². The Morgan fingerprint density at radius 2 is 2.03 bits per heavy atom. The number of benzene rings is 1. The van der Waals surface area contributed by atoms with E-state index in [0.717, 1.165) is 38.5 Å². The van der Waals surface area contributed by atoms with Crippen LogP contribution in [0.4, 0.5) is 10.2 Å². The fourth-order valence-corrected chi connectivity index (χ4v) is 5.35. The minimum absolute atomic E-state index is 0.169. The molecule has 1 N–H and O–H groups in total. The highest BCUT2D eigenvalue weighted by Gasteiger charge is 2.36. The maximum atomic E-state index is 14.6. The zero-order chi connectivity index (χ0) is 25.8. The highest BCUT2D eigenvalue weighted by Crippen LogP contribution is 2.34. The molecule has 1 aromatic carbocycles. The van der Waals surface area contributed by atoms with Crippen molar-refractivity contribution in [1.82, 2.24) is 24.6 Å². The summed E-state index contributed by atoms with van der Waals surface area (Å²) in [5.74, 6) is 1.51. The molecular formula is C26H33ClFN7O. The Bertz CT molecular complexity index is 1230. The van der Waals surface area contributed by atoms with Gasteiger partial charge in [-0.15, -0.1) is 0 Å². The van der Waals surface area contributed by atoms with E-state index in [1.807, 2.05) is 20.8 Å². The first-order valence-electron chi connectivity index (χ1n) is 12.7. The van der Waals surface area contributed by atoms with E-state index >= 15 is 0 Å². The van der Waals surface area contributed by atoms with Gasteiger partial charge in [0, 0.05) is 36.8 Å². The highest BCUT2D eigenvalue weighted by molar-refractivity contribution is 6.30. The predicted octanol–water partition coefficient (Wildman–Crippen LogP) is 4.27. The van der Waals surface area contributed by atoms with Crippen LogP contribution >= 0.6 is 11.6 Å². The molecule has 0 bridgehead atoms. The van der Waals surface area contributed by atoms with Crippen LogP contribution in [0.2, 0.25) is 5.02 Å². The summed E-state index contributed by atoms with van der Waals surface area (Å²) < 4.78 is 16.2. The molecule has 2 unspecified atom stereocenters. The van der Waals surface area contributed by atoms with Gasteiger partial charge in [0.25, 0.3) is 0 Å². The molecule has 0 amide bonds. The first kappa shape index (κ1) is 26.3. The largest absolute Gasteiger partial charge is 0.395 e. The summed E-state index contributed by atoms with van der Waals surface area (Å²) in [7, 11) is 0. The maximum absolute atomic E-state index is 14.6. The number of hydrogen-bond acceptors (Lipinski definition) is 7. The van der Waals surface area contributed by atoms with E-state index in [0.29, 0.717) is 33.6 Å². The number of piperidine rings is 1. The van der Waals surface area contributed by atoms with Gasteiger partial charge < -0.3 is 14.9 Å². The predicted molar refractivity (Wildman–Crippen MR) is 139 cm³/mol. The van der Waals surface area contributed by atoms with Crippen molar-refractivity contribution in [1.29, 1.82) is 5.26 Å². The number of nitrogens with zero attached hydrogens (tertiary/aromatic N) is 7. The van der Waals surface area contributed by atoms with Crippen molar-refractivity contribution in [3.8, 4) is 6.07 Å². The molecule has 2 aromatic heterocycles. The van der Waals surface area contributed by atoms with Crippen molar-refractivity contribution in [2.75, 3.05) is 44.2 Å². The van der Waals surface area contributed by atoms with Gasteiger partial charge in [0.15, 0.2) is 11.3 Å². The molecule has 3 aromatic rings. The molecule has 2 fully saturated rings. The Morgan fingerprint density at radius 1 is 1.25 bits per heavy atom. The van der Waals surface area contributed by atoms with Crippen molar-refractivity contribution in [2.45, 2.75) is 39.7 Å². The van der Waals surface area contributed by atoms with Crippen molar-refractivity contribution in [3.05, 3.63) is 46.5 Å². The van der Waals surface area contributed by atoms with E-state index in [-0.39, 0.29) is 12.3 Å². The Hall–Kier alpha value is -2.80. The summed E-state index contributed by atoms with van der Waals surface area (Å²) >= 11 is 5.91. The van der Waals surface area contributed by atoms with Gasteiger partial charge in [0.1, 0.15) is 23.2 Å². The molecule has 10 heteroatoms. The molecule has 0 radical (unpaired) electrons. The smallest absolute Gasteiger partial charge is 0.190 e. The van der Waals surface area contributed by atoms with Gasteiger partial charge in [0.05, 0.1) is 18.8 Å². The zero-order valence-electron chi connectivity index (χ0n) is 21.0. The number of β-amino-alcohol motifs (C(OH)–C–C–N with tert-alkyl or cyclic N) is 1.